The van der Waals surface area contributed by atoms with Crippen LogP contribution in [0.1, 0.15) is 16.3 Å². The molecule has 0 bridgehead atoms. The predicted octanol–water partition coefficient (Wildman–Crippen LogP) is 3.55. The van der Waals surface area contributed by atoms with Crippen molar-refractivity contribution < 1.29 is 0 Å². The van der Waals surface area contributed by atoms with E-state index in [0.717, 1.165) is 27.7 Å². The number of hydrogen-bond donors (Lipinski definition) is 0. The van der Waals surface area contributed by atoms with Crippen molar-refractivity contribution >= 4 is 33.2 Å². The molecule has 0 aliphatic carbocycles. The third-order valence-electron chi connectivity index (χ3n) is 2.33. The quantitative estimate of drug-likeness (QED) is 0.868. The van der Waals surface area contributed by atoms with Gasteiger partial charge in [-0.15, -0.1) is 11.3 Å². The van der Waals surface area contributed by atoms with E-state index in [1.165, 1.54) is 4.88 Å². The molecule has 2 aromatic heterocycles. The van der Waals surface area contributed by atoms with Gasteiger partial charge in [0.1, 0.15) is 0 Å². The molecule has 0 spiro atoms. The number of thiophene rings is 1. The van der Waals surface area contributed by atoms with E-state index in [0.29, 0.717) is 0 Å². The maximum absolute atomic E-state index is 4.44. The lowest BCUT2D eigenvalue weighted by Crippen LogP contribution is -2.19. The minimum Gasteiger partial charge on any atom is -0.339 e. The molecule has 0 radical (unpaired) electrons. The topological polar surface area (TPSA) is 29.0 Å². The monoisotopic (exact) mass is 311 g/mol. The standard InChI is InChI=1S/C12H14BrN3S/c1-8-6-9(2)15-12(14-8)16(3)7-10-4-5-11(13)17-10/h4-6H,7H2,1-3H3. The Morgan fingerprint density at radius 1 is 1.24 bits per heavy atom. The van der Waals surface area contributed by atoms with Gasteiger partial charge in [0.2, 0.25) is 5.95 Å². The van der Waals surface area contributed by atoms with Gasteiger partial charge >= 0.3 is 0 Å². The average molecular weight is 312 g/mol. The highest BCUT2D eigenvalue weighted by Crippen LogP contribution is 2.23. The molecule has 0 aliphatic heterocycles. The van der Waals surface area contributed by atoms with Crippen LogP contribution in [0.25, 0.3) is 0 Å². The second kappa shape index (κ2) is 5.14. The molecule has 0 unspecified atom stereocenters. The van der Waals surface area contributed by atoms with Crippen molar-refractivity contribution in [1.29, 1.82) is 0 Å². The number of rotatable bonds is 3. The molecule has 0 aromatic carbocycles. The van der Waals surface area contributed by atoms with E-state index < -0.39 is 0 Å². The van der Waals surface area contributed by atoms with Gasteiger partial charge in [-0.05, 0) is 48.0 Å². The van der Waals surface area contributed by atoms with Crippen molar-refractivity contribution in [3.8, 4) is 0 Å². The molecule has 3 nitrogen and oxygen atoms in total. The summed E-state index contributed by atoms with van der Waals surface area (Å²) in [6, 6.07) is 6.17. The van der Waals surface area contributed by atoms with Crippen LogP contribution >= 0.6 is 27.3 Å². The van der Waals surface area contributed by atoms with Crippen LogP contribution in [0, 0.1) is 13.8 Å². The van der Waals surface area contributed by atoms with E-state index in [4.69, 9.17) is 0 Å². The number of aromatic nitrogens is 2. The minimum atomic E-state index is 0.784. The molecule has 0 aliphatic rings. The van der Waals surface area contributed by atoms with Crippen LogP contribution in [0.3, 0.4) is 0 Å². The van der Waals surface area contributed by atoms with Crippen molar-refractivity contribution in [1.82, 2.24) is 9.97 Å². The van der Waals surface area contributed by atoms with Gasteiger partial charge < -0.3 is 4.90 Å². The van der Waals surface area contributed by atoms with Crippen molar-refractivity contribution in [2.75, 3.05) is 11.9 Å². The van der Waals surface area contributed by atoms with Gasteiger partial charge in [-0.25, -0.2) is 9.97 Å². The first-order valence-electron chi connectivity index (χ1n) is 5.32. The number of anilines is 1. The fourth-order valence-electron chi connectivity index (χ4n) is 1.62. The van der Waals surface area contributed by atoms with Gasteiger partial charge in [0.15, 0.2) is 0 Å². The average Bonchev–Trinajstić information content (AvgIpc) is 2.62. The number of nitrogens with zero attached hydrogens (tertiary/aromatic N) is 3. The molecule has 0 amide bonds. The van der Waals surface area contributed by atoms with Crippen LogP contribution in [0.2, 0.25) is 0 Å². The lowest BCUT2D eigenvalue weighted by molar-refractivity contribution is 0.861. The summed E-state index contributed by atoms with van der Waals surface area (Å²) in [5, 5.41) is 0. The summed E-state index contributed by atoms with van der Waals surface area (Å²) in [5.41, 5.74) is 2.01. The second-order valence-electron chi connectivity index (χ2n) is 4.01. The molecule has 0 saturated heterocycles. The van der Waals surface area contributed by atoms with E-state index in [1.807, 2.05) is 27.0 Å². The third-order valence-corrected chi connectivity index (χ3v) is 3.94. The Balaban J connectivity index is 2.16. The Bertz CT molecular complexity index is 504. The zero-order valence-electron chi connectivity index (χ0n) is 10.1. The number of aryl methyl sites for hydroxylation is 2. The molecule has 17 heavy (non-hydrogen) atoms. The molecule has 0 N–H and O–H groups in total. The minimum absolute atomic E-state index is 0.784. The Labute approximate surface area is 114 Å². The van der Waals surface area contributed by atoms with E-state index >= 15 is 0 Å². The van der Waals surface area contributed by atoms with Gasteiger partial charge in [-0.1, -0.05) is 0 Å². The SMILES string of the molecule is Cc1cc(C)nc(N(C)Cc2ccc(Br)s2)n1. The fraction of sp³-hybridized carbons (Fsp3) is 0.333. The molecule has 0 saturated carbocycles. The molecule has 0 fully saturated rings. The maximum Gasteiger partial charge on any atom is 0.225 e. The zero-order valence-corrected chi connectivity index (χ0v) is 12.5. The second-order valence-corrected chi connectivity index (χ2v) is 6.56. The highest BCUT2D eigenvalue weighted by atomic mass is 79.9. The first-order valence-corrected chi connectivity index (χ1v) is 6.93. The van der Waals surface area contributed by atoms with E-state index in [9.17, 15) is 0 Å². The van der Waals surface area contributed by atoms with Gasteiger partial charge in [0.05, 0.1) is 10.3 Å². The largest absolute Gasteiger partial charge is 0.339 e. The van der Waals surface area contributed by atoms with Crippen LogP contribution in [-0.4, -0.2) is 17.0 Å². The maximum atomic E-state index is 4.44. The summed E-state index contributed by atoms with van der Waals surface area (Å²) < 4.78 is 1.15. The third kappa shape index (κ3) is 3.26. The molecule has 5 heteroatoms. The van der Waals surface area contributed by atoms with Crippen LogP contribution in [0.4, 0.5) is 5.95 Å². The molecule has 2 aromatic rings. The Morgan fingerprint density at radius 2 is 1.88 bits per heavy atom. The number of halogens is 1. The summed E-state index contributed by atoms with van der Waals surface area (Å²) in [6.07, 6.45) is 0. The summed E-state index contributed by atoms with van der Waals surface area (Å²) in [5.74, 6) is 0.784. The first kappa shape index (κ1) is 12.5. The summed E-state index contributed by atoms with van der Waals surface area (Å²) in [7, 11) is 2.02. The summed E-state index contributed by atoms with van der Waals surface area (Å²) >= 11 is 5.21. The van der Waals surface area contributed by atoms with E-state index in [-0.39, 0.29) is 0 Å². The zero-order chi connectivity index (χ0) is 12.4. The summed E-state index contributed by atoms with van der Waals surface area (Å²) in [4.78, 5) is 12.3. The van der Waals surface area contributed by atoms with Crippen molar-refractivity contribution in [2.24, 2.45) is 0 Å². The van der Waals surface area contributed by atoms with Crippen molar-refractivity contribution in [3.05, 3.63) is 38.3 Å². The van der Waals surface area contributed by atoms with Gasteiger partial charge in [-0.2, -0.15) is 0 Å². The number of hydrogen-bond acceptors (Lipinski definition) is 4. The molecule has 2 heterocycles. The van der Waals surface area contributed by atoms with Crippen molar-refractivity contribution in [3.63, 3.8) is 0 Å². The normalized spacial score (nSPS) is 10.6. The molecule has 0 atom stereocenters. The molecule has 2 rings (SSSR count). The summed E-state index contributed by atoms with van der Waals surface area (Å²) in [6.45, 7) is 4.82. The van der Waals surface area contributed by atoms with Crippen molar-refractivity contribution in [2.45, 2.75) is 20.4 Å². The van der Waals surface area contributed by atoms with Gasteiger partial charge in [0.25, 0.3) is 0 Å². The van der Waals surface area contributed by atoms with Crippen LogP contribution < -0.4 is 4.90 Å². The lowest BCUT2D eigenvalue weighted by atomic mass is 10.3. The molecule has 90 valence electrons. The Hall–Kier alpha value is -0.940. The van der Waals surface area contributed by atoms with Gasteiger partial charge in [0, 0.05) is 23.3 Å². The van der Waals surface area contributed by atoms with Gasteiger partial charge in [-0.3, -0.25) is 0 Å². The van der Waals surface area contributed by atoms with E-state index in [2.05, 4.69) is 42.9 Å². The highest BCUT2D eigenvalue weighted by molar-refractivity contribution is 9.11. The Kier molecular flexibility index (Phi) is 3.79. The smallest absolute Gasteiger partial charge is 0.225 e. The molecular formula is C12H14BrN3S. The highest BCUT2D eigenvalue weighted by Gasteiger charge is 2.08. The van der Waals surface area contributed by atoms with Crippen LogP contribution in [0.5, 0.6) is 0 Å². The van der Waals surface area contributed by atoms with E-state index in [1.54, 1.807) is 11.3 Å². The van der Waals surface area contributed by atoms with Crippen LogP contribution in [-0.2, 0) is 6.54 Å². The Morgan fingerprint density at radius 3 is 2.41 bits per heavy atom. The van der Waals surface area contributed by atoms with Crippen LogP contribution in [0.15, 0.2) is 22.0 Å². The first-order chi connectivity index (χ1) is 8.04. The fourth-order valence-corrected chi connectivity index (χ4v) is 3.16. The lowest BCUT2D eigenvalue weighted by Gasteiger charge is -2.16. The predicted molar refractivity (Wildman–Crippen MR) is 75.6 cm³/mol. The molecular weight excluding hydrogens is 298 g/mol.